The van der Waals surface area contributed by atoms with Gasteiger partial charge in [0.2, 0.25) is 0 Å². The van der Waals surface area contributed by atoms with Gasteiger partial charge in [0.15, 0.2) is 0 Å². The van der Waals surface area contributed by atoms with E-state index in [9.17, 15) is 14.0 Å². The lowest BCUT2D eigenvalue weighted by Crippen LogP contribution is -2.26. The Morgan fingerprint density at radius 1 is 0.967 bits per heavy atom. The van der Waals surface area contributed by atoms with Crippen LogP contribution in [0.25, 0.3) is 0 Å². The van der Waals surface area contributed by atoms with Crippen molar-refractivity contribution in [3.63, 3.8) is 0 Å². The van der Waals surface area contributed by atoms with E-state index >= 15 is 0 Å². The van der Waals surface area contributed by atoms with E-state index in [0.29, 0.717) is 11.4 Å². The topological polar surface area (TPSA) is 65.1 Å². The second kappa shape index (κ2) is 9.56. The van der Waals surface area contributed by atoms with Gasteiger partial charge >= 0.3 is 11.9 Å². The van der Waals surface area contributed by atoms with Gasteiger partial charge in [0.1, 0.15) is 23.9 Å². The van der Waals surface area contributed by atoms with Crippen molar-refractivity contribution in [1.29, 1.82) is 0 Å². The predicted octanol–water partition coefficient (Wildman–Crippen LogP) is 3.89. The van der Waals surface area contributed by atoms with Gasteiger partial charge in [-0.1, -0.05) is 24.3 Å². The van der Waals surface area contributed by atoms with Crippen LogP contribution in [0.3, 0.4) is 0 Å². The number of carbonyl (C=O) groups excluding carboxylic acids is 2. The molecule has 6 nitrogen and oxygen atoms in total. The van der Waals surface area contributed by atoms with Crippen LogP contribution in [0.2, 0.25) is 0 Å². The highest BCUT2D eigenvalue weighted by atomic mass is 19.1. The molecule has 0 spiro atoms. The number of hydrogen-bond acceptors (Lipinski definition) is 6. The third kappa shape index (κ3) is 4.75. The number of rotatable bonds is 6. The van der Waals surface area contributed by atoms with Gasteiger partial charge < -0.3 is 19.1 Å². The molecule has 0 atom stereocenters. The molecule has 2 aromatic rings. The molecule has 1 heterocycles. The number of halogens is 1. The van der Waals surface area contributed by atoms with Gasteiger partial charge in [0.25, 0.3) is 0 Å². The van der Waals surface area contributed by atoms with E-state index in [0.717, 1.165) is 5.56 Å². The number of ether oxygens (including phenoxy) is 3. The van der Waals surface area contributed by atoms with Crippen molar-refractivity contribution in [1.82, 2.24) is 0 Å². The molecule has 0 N–H and O–H groups in total. The first kappa shape index (κ1) is 20.9. The Hall–Kier alpha value is -3.87. The van der Waals surface area contributed by atoms with Crippen LogP contribution < -0.4 is 9.64 Å². The predicted molar refractivity (Wildman–Crippen MR) is 109 cm³/mol. The summed E-state index contributed by atoms with van der Waals surface area (Å²) in [5, 5.41) is 0. The van der Waals surface area contributed by atoms with Gasteiger partial charge in [-0.05, 0) is 42.0 Å². The number of hydrogen-bond donors (Lipinski definition) is 0. The highest BCUT2D eigenvalue weighted by Gasteiger charge is 2.27. The van der Waals surface area contributed by atoms with Crippen molar-refractivity contribution < 1.29 is 28.2 Å². The first-order valence-electron chi connectivity index (χ1n) is 9.06. The van der Waals surface area contributed by atoms with Gasteiger partial charge in [-0.15, -0.1) is 0 Å². The lowest BCUT2D eigenvalue weighted by Gasteiger charge is -2.23. The number of benzene rings is 2. The minimum atomic E-state index is -0.691. The fourth-order valence-electron chi connectivity index (χ4n) is 2.84. The summed E-state index contributed by atoms with van der Waals surface area (Å²) in [6.45, 7) is 0.244. The number of anilines is 1. The summed E-state index contributed by atoms with van der Waals surface area (Å²) in [6, 6.07) is 13.0. The molecule has 0 unspecified atom stereocenters. The SMILES string of the molecule is COC(=O)C1=C(C(=O)OC)N(c2cccc(OCc3ccc(F)cc3)c2)C=CC=C1. The van der Waals surface area contributed by atoms with Crippen molar-refractivity contribution >= 4 is 17.6 Å². The van der Waals surface area contributed by atoms with E-state index in [1.54, 1.807) is 54.8 Å². The maximum Gasteiger partial charge on any atom is 0.355 e. The second-order valence-electron chi connectivity index (χ2n) is 6.23. The molecular weight excluding hydrogens is 389 g/mol. The minimum Gasteiger partial charge on any atom is -0.489 e. The summed E-state index contributed by atoms with van der Waals surface area (Å²) in [5.74, 6) is -1.13. The van der Waals surface area contributed by atoms with Crippen LogP contribution in [0.4, 0.5) is 10.1 Å². The molecule has 7 heteroatoms. The van der Waals surface area contributed by atoms with Gasteiger partial charge in [0, 0.05) is 18.0 Å². The van der Waals surface area contributed by atoms with Crippen LogP contribution in [0, 0.1) is 5.82 Å². The Kier molecular flexibility index (Phi) is 6.64. The molecule has 0 radical (unpaired) electrons. The quantitative estimate of drug-likeness (QED) is 0.675. The maximum absolute atomic E-state index is 13.1. The van der Waals surface area contributed by atoms with Gasteiger partial charge in [-0.2, -0.15) is 0 Å². The molecule has 30 heavy (non-hydrogen) atoms. The van der Waals surface area contributed by atoms with E-state index in [4.69, 9.17) is 14.2 Å². The van der Waals surface area contributed by atoms with Crippen molar-refractivity contribution in [3.8, 4) is 5.75 Å². The fourth-order valence-corrected chi connectivity index (χ4v) is 2.84. The van der Waals surface area contributed by atoms with Crippen LogP contribution in [-0.4, -0.2) is 26.2 Å². The Morgan fingerprint density at radius 2 is 1.70 bits per heavy atom. The number of methoxy groups -OCH3 is 2. The van der Waals surface area contributed by atoms with E-state index in [1.165, 1.54) is 37.3 Å². The Morgan fingerprint density at radius 3 is 2.40 bits per heavy atom. The Bertz CT molecular complexity index is 1020. The van der Waals surface area contributed by atoms with Crippen LogP contribution in [0.15, 0.2) is 84.2 Å². The van der Waals surface area contributed by atoms with Crippen LogP contribution in [0.5, 0.6) is 5.75 Å². The molecule has 1 aliphatic heterocycles. The van der Waals surface area contributed by atoms with Crippen LogP contribution >= 0.6 is 0 Å². The van der Waals surface area contributed by atoms with E-state index in [2.05, 4.69) is 0 Å². The molecule has 0 bridgehead atoms. The van der Waals surface area contributed by atoms with E-state index < -0.39 is 11.9 Å². The summed E-state index contributed by atoms with van der Waals surface area (Å²) in [7, 11) is 2.48. The van der Waals surface area contributed by atoms with Crippen LogP contribution in [0.1, 0.15) is 5.56 Å². The number of allylic oxidation sites excluding steroid dienone is 2. The minimum absolute atomic E-state index is 0.0186. The summed E-state index contributed by atoms with van der Waals surface area (Å²) >= 11 is 0. The number of nitrogens with zero attached hydrogens (tertiary/aromatic N) is 1. The second-order valence-corrected chi connectivity index (χ2v) is 6.23. The number of esters is 2. The average Bonchev–Trinajstić information content (AvgIpc) is 3.01. The van der Waals surface area contributed by atoms with Gasteiger partial charge in [-0.25, -0.2) is 14.0 Å². The lowest BCUT2D eigenvalue weighted by atomic mass is 10.1. The molecule has 0 saturated heterocycles. The normalized spacial score (nSPS) is 13.1. The molecular formula is C23H20FNO5. The largest absolute Gasteiger partial charge is 0.489 e. The molecule has 154 valence electrons. The molecule has 0 amide bonds. The smallest absolute Gasteiger partial charge is 0.355 e. The average molecular weight is 409 g/mol. The molecule has 0 aromatic heterocycles. The Labute approximate surface area is 173 Å². The third-order valence-corrected chi connectivity index (χ3v) is 4.30. The zero-order valence-electron chi connectivity index (χ0n) is 16.5. The van der Waals surface area contributed by atoms with Crippen molar-refractivity contribution in [2.75, 3.05) is 19.1 Å². The number of carbonyl (C=O) groups is 2. The van der Waals surface area contributed by atoms with Crippen molar-refractivity contribution in [3.05, 3.63) is 95.6 Å². The molecule has 0 aliphatic carbocycles. The Balaban J connectivity index is 1.92. The molecule has 0 fully saturated rings. The van der Waals surface area contributed by atoms with Crippen molar-refractivity contribution in [2.24, 2.45) is 0 Å². The summed E-state index contributed by atoms with van der Waals surface area (Å²) in [4.78, 5) is 26.3. The zero-order chi connectivity index (χ0) is 21.5. The summed E-state index contributed by atoms with van der Waals surface area (Å²) < 4.78 is 28.6. The standard InChI is InChI=1S/C23H20FNO5/c1-28-22(26)20-8-3-4-13-25(21(20)23(27)29-2)18-6-5-7-19(14-18)30-15-16-9-11-17(24)12-10-16/h3-14H,15H2,1-2H3. The van der Waals surface area contributed by atoms with E-state index in [-0.39, 0.29) is 23.7 Å². The van der Waals surface area contributed by atoms with Crippen LogP contribution in [-0.2, 0) is 25.7 Å². The van der Waals surface area contributed by atoms with E-state index in [1.807, 2.05) is 0 Å². The highest BCUT2D eigenvalue weighted by molar-refractivity contribution is 6.05. The van der Waals surface area contributed by atoms with Crippen molar-refractivity contribution in [2.45, 2.75) is 6.61 Å². The first-order chi connectivity index (χ1) is 14.5. The highest BCUT2D eigenvalue weighted by Crippen LogP contribution is 2.29. The lowest BCUT2D eigenvalue weighted by molar-refractivity contribution is -0.139. The molecule has 0 saturated carbocycles. The monoisotopic (exact) mass is 409 g/mol. The third-order valence-electron chi connectivity index (χ3n) is 4.30. The molecule has 2 aromatic carbocycles. The molecule has 1 aliphatic rings. The van der Waals surface area contributed by atoms with Gasteiger partial charge in [0.05, 0.1) is 19.8 Å². The molecule has 3 rings (SSSR count). The zero-order valence-corrected chi connectivity index (χ0v) is 16.5. The van der Waals surface area contributed by atoms with Gasteiger partial charge in [-0.3, -0.25) is 0 Å². The maximum atomic E-state index is 13.1. The fraction of sp³-hybridized carbons (Fsp3) is 0.130. The first-order valence-corrected chi connectivity index (χ1v) is 9.06. The summed E-state index contributed by atoms with van der Waals surface area (Å²) in [5.41, 5.74) is 1.47. The summed E-state index contributed by atoms with van der Waals surface area (Å²) in [6.07, 6.45) is 6.44.